The van der Waals surface area contributed by atoms with Crippen LogP contribution in [0.2, 0.25) is 5.02 Å². The minimum atomic E-state index is -5.71. The number of nitrogens with one attached hydrogen (secondary N) is 2. The van der Waals surface area contributed by atoms with Crippen molar-refractivity contribution in [2.24, 2.45) is 0 Å². The number of thioether (sulfide) groups is 1. The van der Waals surface area contributed by atoms with Crippen LogP contribution in [0, 0.1) is 12.7 Å². The molecule has 18 heteroatoms. The third-order valence-electron chi connectivity index (χ3n) is 12.4. The SMILES string of the molecule is CCN(CC)CC[C@H](CSc1ccccc1)Nc1ccc(SNc2ccc(N3CCN(c4cc(F)cc(-c5c(S(C)=O)c(C)n(C(C)C)c5-c5ccc(Cl)cc5)c4)CC3)cc2)cc1S(=O)(=O)C(F)(F)F. The first-order chi connectivity index (χ1) is 33.4. The van der Waals surface area contributed by atoms with E-state index >= 15 is 4.39 Å². The van der Waals surface area contributed by atoms with E-state index in [4.69, 9.17) is 11.6 Å². The lowest BCUT2D eigenvalue weighted by Crippen LogP contribution is -2.46. The van der Waals surface area contributed by atoms with Crippen molar-refractivity contribution in [3.63, 3.8) is 0 Å². The maximum absolute atomic E-state index is 15.7. The summed E-state index contributed by atoms with van der Waals surface area (Å²) in [6.07, 6.45) is 2.25. The van der Waals surface area contributed by atoms with Crippen molar-refractivity contribution in [1.29, 1.82) is 0 Å². The van der Waals surface area contributed by atoms with E-state index in [2.05, 4.69) is 43.2 Å². The fourth-order valence-electron chi connectivity index (χ4n) is 8.87. The van der Waals surface area contributed by atoms with E-state index in [9.17, 15) is 25.8 Å². The summed E-state index contributed by atoms with van der Waals surface area (Å²) in [5.41, 5.74) is 0.751. The van der Waals surface area contributed by atoms with E-state index in [1.54, 1.807) is 24.1 Å². The van der Waals surface area contributed by atoms with Crippen LogP contribution in [0.4, 0.5) is 40.3 Å². The van der Waals surface area contributed by atoms with Gasteiger partial charge in [0.15, 0.2) is 0 Å². The molecule has 1 aromatic heterocycles. The van der Waals surface area contributed by atoms with Crippen molar-refractivity contribution in [2.45, 2.75) is 78.2 Å². The summed E-state index contributed by atoms with van der Waals surface area (Å²) in [6.45, 7) is 15.0. The maximum atomic E-state index is 15.7. The number of alkyl halides is 3. The number of anilines is 4. The van der Waals surface area contributed by atoms with Gasteiger partial charge < -0.3 is 29.3 Å². The van der Waals surface area contributed by atoms with E-state index in [-0.39, 0.29) is 17.8 Å². The predicted octanol–water partition coefficient (Wildman–Crippen LogP) is 13.3. The van der Waals surface area contributed by atoms with Crippen molar-refractivity contribution in [1.82, 2.24) is 9.47 Å². The molecule has 374 valence electrons. The number of nitrogens with zero attached hydrogens (tertiary/aromatic N) is 4. The Kier molecular flexibility index (Phi) is 17.7. The number of hydrogen-bond donors (Lipinski definition) is 2. The molecular formula is C52H59ClF4N6O3S4. The van der Waals surface area contributed by atoms with Crippen molar-refractivity contribution in [3.05, 3.63) is 132 Å². The van der Waals surface area contributed by atoms with Crippen molar-refractivity contribution < 1.29 is 30.2 Å². The topological polar surface area (TPSA) is 89.9 Å². The van der Waals surface area contributed by atoms with Gasteiger partial charge in [0.1, 0.15) is 10.7 Å². The quantitative estimate of drug-likeness (QED) is 0.0438. The highest BCUT2D eigenvalue weighted by atomic mass is 35.5. The Labute approximate surface area is 425 Å². The number of piperazine rings is 1. The summed E-state index contributed by atoms with van der Waals surface area (Å²) in [4.78, 5) is 7.74. The molecule has 0 bridgehead atoms. The van der Waals surface area contributed by atoms with Crippen LogP contribution >= 0.6 is 35.3 Å². The van der Waals surface area contributed by atoms with Crippen LogP contribution in [0.3, 0.4) is 0 Å². The van der Waals surface area contributed by atoms with Crippen LogP contribution < -0.4 is 19.8 Å². The van der Waals surface area contributed by atoms with Gasteiger partial charge in [-0.15, -0.1) is 11.8 Å². The summed E-state index contributed by atoms with van der Waals surface area (Å²) >= 11 is 8.86. The predicted molar refractivity (Wildman–Crippen MR) is 285 cm³/mol. The van der Waals surface area contributed by atoms with Crippen molar-refractivity contribution >= 4 is 78.7 Å². The number of benzene rings is 5. The molecule has 5 aromatic carbocycles. The lowest BCUT2D eigenvalue weighted by atomic mass is 9.99. The van der Waals surface area contributed by atoms with Crippen molar-refractivity contribution in [3.8, 4) is 22.4 Å². The van der Waals surface area contributed by atoms with E-state index in [1.165, 1.54) is 18.2 Å². The van der Waals surface area contributed by atoms with Crippen LogP contribution in [-0.4, -0.2) is 91.5 Å². The Hall–Kier alpha value is -4.65. The first kappa shape index (κ1) is 53.2. The molecule has 6 aromatic rings. The van der Waals surface area contributed by atoms with E-state index in [1.807, 2.05) is 106 Å². The molecule has 2 heterocycles. The fraction of sp³-hybridized carbons (Fsp3) is 0.346. The molecule has 1 unspecified atom stereocenters. The Morgan fingerprint density at radius 3 is 2.06 bits per heavy atom. The molecule has 1 aliphatic heterocycles. The number of sulfone groups is 1. The molecule has 2 N–H and O–H groups in total. The van der Waals surface area contributed by atoms with Crippen LogP contribution in [0.15, 0.2) is 135 Å². The number of aromatic nitrogens is 1. The zero-order valence-electron chi connectivity index (χ0n) is 40.0. The number of rotatable bonds is 20. The molecule has 0 spiro atoms. The largest absolute Gasteiger partial charge is 0.501 e. The molecular weight excluding hydrogens is 996 g/mol. The second-order valence-corrected chi connectivity index (χ2v) is 23.0. The maximum Gasteiger partial charge on any atom is 0.501 e. The van der Waals surface area contributed by atoms with Crippen LogP contribution in [-0.2, 0) is 20.6 Å². The normalized spacial score (nSPS) is 14.4. The molecule has 0 radical (unpaired) electrons. The lowest BCUT2D eigenvalue weighted by molar-refractivity contribution is -0.0435. The zero-order valence-corrected chi connectivity index (χ0v) is 44.0. The van der Waals surface area contributed by atoms with Gasteiger partial charge in [0.2, 0.25) is 0 Å². The Balaban J connectivity index is 1.04. The van der Waals surface area contributed by atoms with E-state index in [0.717, 1.165) is 69.9 Å². The molecule has 1 fully saturated rings. The second-order valence-electron chi connectivity index (χ2n) is 17.4. The standard InChI is InChI=1S/C52H59ClF4N6O3S4/c1-7-60(8-2)25-24-42(34-67-45-12-10-9-11-13-45)58-47-23-22-46(33-48(47)70(65,66)52(55,56)57)68-59-41-18-20-43(21-19-41)61-26-28-62(29-27-61)44-31-38(30-40(54)32-44)49-50(37-14-16-39(53)17-15-37)63(35(3)4)36(5)51(49)69(6)64/h9-23,30-33,35,42,58-59H,7-8,24-29,34H2,1-6H3/t42-,69?/m1/s1. The first-order valence-corrected chi connectivity index (χ1v) is 28.4. The Bertz CT molecular complexity index is 2860. The zero-order chi connectivity index (χ0) is 50.3. The van der Waals surface area contributed by atoms with Gasteiger partial charge in [-0.05, 0) is 148 Å². The minimum absolute atomic E-state index is 0.0362. The summed E-state index contributed by atoms with van der Waals surface area (Å²) < 4.78 is 103. The highest BCUT2D eigenvalue weighted by Crippen LogP contribution is 2.44. The van der Waals surface area contributed by atoms with Gasteiger partial charge in [0.05, 0.1) is 27.1 Å². The molecule has 1 aliphatic rings. The smallest absolute Gasteiger partial charge is 0.380 e. The average Bonchev–Trinajstić information content (AvgIpc) is 3.66. The van der Waals surface area contributed by atoms with Crippen LogP contribution in [0.25, 0.3) is 22.4 Å². The highest BCUT2D eigenvalue weighted by Gasteiger charge is 2.48. The van der Waals surface area contributed by atoms with Gasteiger partial charge in [0.25, 0.3) is 9.84 Å². The van der Waals surface area contributed by atoms with Crippen LogP contribution in [0.1, 0.15) is 45.9 Å². The monoisotopic (exact) mass is 1050 g/mol. The Morgan fingerprint density at radius 2 is 1.46 bits per heavy atom. The van der Waals surface area contributed by atoms with Gasteiger partial charge in [-0.25, -0.2) is 12.8 Å². The van der Waals surface area contributed by atoms with Gasteiger partial charge in [-0.3, -0.25) is 4.21 Å². The van der Waals surface area contributed by atoms with Gasteiger partial charge in [-0.1, -0.05) is 55.8 Å². The van der Waals surface area contributed by atoms with E-state index in [0.29, 0.717) is 71.0 Å². The average molecular weight is 1060 g/mol. The van der Waals surface area contributed by atoms with E-state index < -0.39 is 36.9 Å². The molecule has 2 atom stereocenters. The molecule has 0 aliphatic carbocycles. The fourth-order valence-corrected chi connectivity index (χ4v) is 12.7. The van der Waals surface area contributed by atoms with Gasteiger partial charge in [-0.2, -0.15) is 13.2 Å². The minimum Gasteiger partial charge on any atom is -0.380 e. The molecule has 7 rings (SSSR count). The molecule has 1 saturated heterocycles. The Morgan fingerprint density at radius 1 is 0.814 bits per heavy atom. The van der Waals surface area contributed by atoms with Gasteiger partial charge >= 0.3 is 5.51 Å². The number of hydrogen-bond acceptors (Lipinski definition) is 10. The third-order valence-corrected chi connectivity index (χ3v) is 17.3. The second kappa shape index (κ2) is 23.3. The summed E-state index contributed by atoms with van der Waals surface area (Å²) in [5.74, 6) is 0.121. The summed E-state index contributed by atoms with van der Waals surface area (Å²) in [6, 6.07) is 33.7. The molecule has 0 saturated carbocycles. The molecule has 70 heavy (non-hydrogen) atoms. The van der Waals surface area contributed by atoms with Gasteiger partial charge in [0, 0.05) is 99.9 Å². The summed E-state index contributed by atoms with van der Waals surface area (Å²) in [5, 5.41) is 3.78. The lowest BCUT2D eigenvalue weighted by Gasteiger charge is -2.37. The summed E-state index contributed by atoms with van der Waals surface area (Å²) in [7, 11) is -7.08. The molecule has 9 nitrogen and oxygen atoms in total. The first-order valence-electron chi connectivity index (χ1n) is 23.2. The molecule has 0 amide bonds. The number of halogens is 5. The van der Waals surface area contributed by atoms with Crippen LogP contribution in [0.5, 0.6) is 0 Å². The highest BCUT2D eigenvalue weighted by molar-refractivity contribution is 8.00. The van der Waals surface area contributed by atoms with Crippen molar-refractivity contribution in [2.75, 3.05) is 77.7 Å². The third kappa shape index (κ3) is 12.5.